The minimum atomic E-state index is -0.838. The second-order valence-electron chi connectivity index (χ2n) is 33.7. The Hall–Kier alpha value is -11.8. The zero-order chi connectivity index (χ0) is 83.0. The number of likely N-dealkylation sites (tertiary alicyclic amines) is 2. The number of carbonyl (C=O) groups is 6. The lowest BCUT2D eigenvalue weighted by molar-refractivity contribution is -0.145. The fourth-order valence-corrected chi connectivity index (χ4v) is 18.4. The highest BCUT2D eigenvalue weighted by atomic mass is 16.7. The molecular weight excluding hydrogens is 1540 g/mol. The van der Waals surface area contributed by atoms with Gasteiger partial charge in [-0.1, -0.05) is 39.5 Å². The highest BCUT2D eigenvalue weighted by Gasteiger charge is 2.48. The number of piperidine rings is 2. The Labute approximate surface area is 695 Å². The van der Waals surface area contributed by atoms with E-state index in [0.717, 1.165) is 99.6 Å². The van der Waals surface area contributed by atoms with Crippen LogP contribution < -0.4 is 58.0 Å². The van der Waals surface area contributed by atoms with Crippen LogP contribution in [-0.2, 0) is 19.2 Å². The molecule has 4 aliphatic carbocycles. The van der Waals surface area contributed by atoms with Crippen molar-refractivity contribution >= 4 is 68.9 Å². The van der Waals surface area contributed by atoms with Gasteiger partial charge in [-0.05, 0) is 176 Å². The molecule has 4 aromatic carbocycles. The standard InChI is InChI=1S/C45H53N7O8.C44H52N8O8/c1-25(2)19-32(49-43(53)31-21-46-41-39(31)47-23-48-40(41)37-34(58-22-26-9-10-26)13-14-35-42(37)60-24-59-35)45(55)51-17-15-28(16-18-51)52-44(54)30-8-6-5-7-29(30)38(50-52)27-11-12-33(56-3)36(20-27)57-4;1-50(2)21-31(48-42(53)30-20-45-40-38(30)46-23-47-39(40)36-33(58-22-25-9-10-25)13-14-34-41(36)60-24-59-34)44(55)51-17-15-27(16-18-51)52-43(54)29-8-6-5-7-28(29)37(49-52)26-11-12-32(56-3)35(19-26)57-4/h11-14,20-21,23,25-26,28-30,32,46H,5-10,15-19,22,24H2,1-4H3,(H,49,53);11-14,19-20,23,25,27-29,31,45H,5-10,15-18,21-22,24H2,1-4H3,(H,48,53)/t29-,30+,32+;28-,29+,31+/m00/s1. The third-order valence-corrected chi connectivity index (χ3v) is 25.0. The summed E-state index contributed by atoms with van der Waals surface area (Å²) in [6, 6.07) is 17.1. The first-order chi connectivity index (χ1) is 58.4. The average Bonchev–Trinajstić information content (AvgIpc) is 1.09. The fourth-order valence-electron chi connectivity index (χ4n) is 18.4. The van der Waals surface area contributed by atoms with Crippen molar-refractivity contribution in [2.45, 2.75) is 147 Å². The molecule has 10 aliphatic rings. The SMILES string of the molecule is COc1ccc(C2=NN(C3CCN(C(=O)[C@@H](CC(C)C)NC(=O)c4c[nH]c5c(-c6c(OCC7CC7)ccc7c6OCO7)ncnc45)CC3)C(=O)[C@@H]3CCCC[C@H]23)cc1OC.COc1ccc(C2=NN(C3CCN(C(=O)[C@@H](CN(C)C)NC(=O)c4c[nH]c5c(-c6c(OCC7CC7)ccc7c6OCO7)ncnc45)CC3)C(=O)[C@@H]3CCCC[C@H]23)cc1OC. The van der Waals surface area contributed by atoms with Gasteiger partial charge in [-0.3, -0.25) is 28.8 Å². The van der Waals surface area contributed by atoms with E-state index in [-0.39, 0.29) is 91.0 Å². The van der Waals surface area contributed by atoms with Gasteiger partial charge in [0.25, 0.3) is 11.8 Å². The number of methoxy groups -OCH3 is 4. The summed E-state index contributed by atoms with van der Waals surface area (Å²) in [4.78, 5) is 115. The van der Waals surface area contributed by atoms with E-state index in [1.54, 1.807) is 55.8 Å². The Morgan fingerprint density at radius 3 is 1.32 bits per heavy atom. The number of carbonyl (C=O) groups excluding carboxylic acids is 6. The molecule has 632 valence electrons. The number of fused-ring (bicyclic) bond motifs is 6. The van der Waals surface area contributed by atoms with Crippen LogP contribution in [0.5, 0.6) is 57.5 Å². The van der Waals surface area contributed by atoms with Gasteiger partial charge in [-0.15, -0.1) is 0 Å². The van der Waals surface area contributed by atoms with Crippen molar-refractivity contribution in [3.8, 4) is 80.0 Å². The number of nitrogens with one attached hydrogen (secondary N) is 4. The number of likely N-dealkylation sites (N-methyl/N-ethyl adjacent to an activating group) is 1. The van der Waals surface area contributed by atoms with Crippen molar-refractivity contribution in [1.29, 1.82) is 0 Å². The second-order valence-corrected chi connectivity index (χ2v) is 33.7. The Balaban J connectivity index is 0.000000171. The second kappa shape index (κ2) is 34.9. The third-order valence-electron chi connectivity index (χ3n) is 25.0. The summed E-state index contributed by atoms with van der Waals surface area (Å²) in [6.45, 7) is 7.41. The molecule has 4 aromatic heterocycles. The number of ether oxygens (including phenoxy) is 10. The van der Waals surface area contributed by atoms with Gasteiger partial charge in [0.05, 0.1) is 98.4 Å². The van der Waals surface area contributed by atoms with Crippen molar-refractivity contribution in [1.82, 2.24) is 65.3 Å². The van der Waals surface area contributed by atoms with Crippen LogP contribution in [0.1, 0.15) is 155 Å². The van der Waals surface area contributed by atoms with E-state index in [2.05, 4.69) is 40.5 Å². The highest BCUT2D eigenvalue weighted by molar-refractivity contribution is 6.12. The first-order valence-corrected chi connectivity index (χ1v) is 42.3. The maximum Gasteiger partial charge on any atom is 0.255 e. The summed E-state index contributed by atoms with van der Waals surface area (Å²) >= 11 is 0. The predicted molar refractivity (Wildman–Crippen MR) is 444 cm³/mol. The summed E-state index contributed by atoms with van der Waals surface area (Å²) in [5, 5.41) is 19.7. The van der Waals surface area contributed by atoms with E-state index in [1.807, 2.05) is 98.4 Å². The third kappa shape index (κ3) is 16.4. The minimum Gasteiger partial charge on any atom is -0.493 e. The molecule has 0 spiro atoms. The van der Waals surface area contributed by atoms with Crippen molar-refractivity contribution in [3.63, 3.8) is 0 Å². The van der Waals surface area contributed by atoms with Crippen LogP contribution in [0, 0.1) is 41.4 Å². The molecule has 6 amide bonds. The van der Waals surface area contributed by atoms with Crippen molar-refractivity contribution in [3.05, 3.63) is 108 Å². The lowest BCUT2D eigenvalue weighted by Crippen LogP contribution is -2.57. The van der Waals surface area contributed by atoms with Crippen LogP contribution in [0.4, 0.5) is 0 Å². The lowest BCUT2D eigenvalue weighted by Gasteiger charge is -2.43. The smallest absolute Gasteiger partial charge is 0.255 e. The van der Waals surface area contributed by atoms with Crippen LogP contribution in [-0.4, -0.2) is 228 Å². The number of aromatic nitrogens is 6. The van der Waals surface area contributed by atoms with Gasteiger partial charge in [0.15, 0.2) is 46.0 Å². The molecule has 4 saturated carbocycles. The molecular formula is C89H105N15O16. The quantitative estimate of drug-likeness (QED) is 0.0391. The normalized spacial score (nSPS) is 20.8. The Bertz CT molecular complexity index is 4950. The maximum atomic E-state index is 14.3. The van der Waals surface area contributed by atoms with E-state index < -0.39 is 23.9 Å². The largest absolute Gasteiger partial charge is 0.493 e. The molecule has 31 nitrogen and oxygen atoms in total. The van der Waals surface area contributed by atoms with Crippen molar-refractivity contribution in [2.75, 3.05) is 102 Å². The average molecular weight is 1640 g/mol. The number of hydrogen-bond donors (Lipinski definition) is 4. The molecule has 120 heavy (non-hydrogen) atoms. The molecule has 10 heterocycles. The molecule has 0 bridgehead atoms. The number of hydrazone groups is 2. The lowest BCUT2D eigenvalue weighted by atomic mass is 9.73. The molecule has 4 N–H and O–H groups in total. The van der Waals surface area contributed by atoms with Crippen LogP contribution in [0.15, 0.2) is 95.9 Å². The van der Waals surface area contributed by atoms with E-state index in [9.17, 15) is 28.8 Å². The van der Waals surface area contributed by atoms with E-state index in [1.165, 1.54) is 12.7 Å². The van der Waals surface area contributed by atoms with Gasteiger partial charge in [-0.25, -0.2) is 30.0 Å². The topological polar surface area (TPSA) is 343 Å². The molecule has 6 fully saturated rings. The van der Waals surface area contributed by atoms with E-state index >= 15 is 0 Å². The maximum absolute atomic E-state index is 14.3. The highest BCUT2D eigenvalue weighted by Crippen LogP contribution is 2.51. The van der Waals surface area contributed by atoms with Crippen LogP contribution in [0.25, 0.3) is 44.6 Å². The molecule has 0 unspecified atom stereocenters. The van der Waals surface area contributed by atoms with Gasteiger partial charge in [0, 0.05) is 79.9 Å². The zero-order valence-corrected chi connectivity index (χ0v) is 69.3. The molecule has 18 rings (SSSR count). The summed E-state index contributed by atoms with van der Waals surface area (Å²) in [7, 11) is 10.2. The first kappa shape index (κ1) is 80.6. The molecule has 31 heteroatoms. The number of H-pyrrole nitrogens is 2. The van der Waals surface area contributed by atoms with Gasteiger partial charge < -0.3 is 82.7 Å². The van der Waals surface area contributed by atoms with E-state index in [4.69, 9.17) is 57.6 Å². The Morgan fingerprint density at radius 2 is 0.908 bits per heavy atom. The van der Waals surface area contributed by atoms with Gasteiger partial charge in [0.1, 0.15) is 58.7 Å². The Kier molecular flexibility index (Phi) is 23.5. The van der Waals surface area contributed by atoms with Crippen LogP contribution in [0.2, 0.25) is 0 Å². The summed E-state index contributed by atoms with van der Waals surface area (Å²) in [5.74, 6) is 5.92. The number of hydrogen-bond acceptors (Lipinski definition) is 23. The summed E-state index contributed by atoms with van der Waals surface area (Å²) in [6.07, 6.45) is 20.9. The van der Waals surface area contributed by atoms with E-state index in [0.29, 0.717) is 191 Å². The molecule has 0 radical (unpaired) electrons. The number of aromatic amines is 2. The molecule has 6 atom stereocenters. The number of amides is 6. The molecule has 8 aromatic rings. The fraction of sp³-hybridized carbons (Fsp3) is 0.506. The van der Waals surface area contributed by atoms with Gasteiger partial charge in [-0.2, -0.15) is 10.2 Å². The molecule has 2 saturated heterocycles. The number of nitrogens with zero attached hydrogens (tertiary/aromatic N) is 11. The van der Waals surface area contributed by atoms with Crippen LogP contribution in [0.3, 0.4) is 0 Å². The number of rotatable bonds is 26. The first-order valence-electron chi connectivity index (χ1n) is 42.3. The van der Waals surface area contributed by atoms with Gasteiger partial charge in [0.2, 0.25) is 37.2 Å². The molecule has 6 aliphatic heterocycles. The van der Waals surface area contributed by atoms with Crippen molar-refractivity contribution < 1.29 is 76.1 Å². The predicted octanol–water partition coefficient (Wildman–Crippen LogP) is 11.2. The monoisotopic (exact) mass is 1640 g/mol. The zero-order valence-electron chi connectivity index (χ0n) is 69.3. The van der Waals surface area contributed by atoms with Crippen molar-refractivity contribution in [2.24, 2.45) is 51.6 Å². The van der Waals surface area contributed by atoms with Gasteiger partial charge >= 0.3 is 0 Å². The Morgan fingerprint density at radius 1 is 0.500 bits per heavy atom. The minimum absolute atomic E-state index is 0.0407. The summed E-state index contributed by atoms with van der Waals surface area (Å²) < 4.78 is 57.9. The summed E-state index contributed by atoms with van der Waals surface area (Å²) in [5.41, 5.74) is 8.43. The number of benzene rings is 4. The van der Waals surface area contributed by atoms with Crippen LogP contribution >= 0.6 is 0 Å².